The van der Waals surface area contributed by atoms with Gasteiger partial charge in [-0.1, -0.05) is 29.5 Å². The molecule has 3 aromatic rings. The van der Waals surface area contributed by atoms with Crippen LogP contribution in [0.2, 0.25) is 0 Å². The zero-order valence-electron chi connectivity index (χ0n) is 16.2. The number of hydrogen-bond donors (Lipinski definition) is 1. The summed E-state index contributed by atoms with van der Waals surface area (Å²) >= 11 is 0. The minimum atomic E-state index is -4.57. The van der Waals surface area contributed by atoms with E-state index < -0.39 is 23.6 Å². The number of carbonyl (C=O) groups is 2. The molecule has 160 valence electrons. The highest BCUT2D eigenvalue weighted by molar-refractivity contribution is 5.93. The van der Waals surface area contributed by atoms with Crippen molar-refractivity contribution in [2.45, 2.75) is 31.6 Å². The van der Waals surface area contributed by atoms with Crippen LogP contribution >= 0.6 is 0 Å². The van der Waals surface area contributed by atoms with E-state index in [1.54, 1.807) is 29.2 Å². The van der Waals surface area contributed by atoms with Gasteiger partial charge in [0.25, 0.3) is 5.91 Å². The molecule has 1 aliphatic rings. The summed E-state index contributed by atoms with van der Waals surface area (Å²) in [5.41, 5.74) is 5.28. The van der Waals surface area contributed by atoms with Gasteiger partial charge in [0.2, 0.25) is 5.91 Å². The van der Waals surface area contributed by atoms with Crippen LogP contribution in [-0.4, -0.2) is 37.7 Å². The quantitative estimate of drug-likeness (QED) is 0.651. The minimum absolute atomic E-state index is 0.0240. The molecule has 1 saturated carbocycles. The zero-order chi connectivity index (χ0) is 22.2. The Hall–Kier alpha value is -3.69. The first-order valence-electron chi connectivity index (χ1n) is 9.52. The number of nitrogens with zero attached hydrogens (tertiary/aromatic N) is 4. The number of benzene rings is 2. The van der Waals surface area contributed by atoms with Gasteiger partial charge in [-0.05, 0) is 42.7 Å². The van der Waals surface area contributed by atoms with Crippen molar-refractivity contribution in [3.63, 3.8) is 0 Å². The maximum Gasteiger partial charge on any atom is 0.418 e. The van der Waals surface area contributed by atoms with Crippen molar-refractivity contribution in [3.8, 4) is 5.69 Å². The molecule has 1 fully saturated rings. The van der Waals surface area contributed by atoms with Gasteiger partial charge in [-0.15, -0.1) is 5.10 Å². The number of alkyl halides is 3. The molecule has 7 nitrogen and oxygen atoms in total. The molecule has 0 radical (unpaired) electrons. The van der Waals surface area contributed by atoms with Gasteiger partial charge in [0.05, 0.1) is 17.4 Å². The molecule has 0 unspecified atom stereocenters. The van der Waals surface area contributed by atoms with Crippen molar-refractivity contribution in [2.24, 2.45) is 5.73 Å². The first-order chi connectivity index (χ1) is 14.7. The number of amides is 2. The fourth-order valence-electron chi connectivity index (χ4n) is 3.26. The van der Waals surface area contributed by atoms with Crippen molar-refractivity contribution in [2.75, 3.05) is 0 Å². The molecule has 1 aromatic heterocycles. The SMILES string of the molecule is NC(=O)c1ccc(CN(C(=O)c2cn(-c3ccccc3C(F)(F)F)nn2)C2CC2)cc1. The number of rotatable bonds is 6. The van der Waals surface area contributed by atoms with Crippen LogP contribution in [0.5, 0.6) is 0 Å². The number of halogens is 3. The van der Waals surface area contributed by atoms with Gasteiger partial charge in [0.1, 0.15) is 0 Å². The van der Waals surface area contributed by atoms with E-state index in [4.69, 9.17) is 5.73 Å². The van der Waals surface area contributed by atoms with Gasteiger partial charge in [0, 0.05) is 18.2 Å². The highest BCUT2D eigenvalue weighted by Gasteiger charge is 2.36. The maximum absolute atomic E-state index is 13.3. The van der Waals surface area contributed by atoms with Crippen LogP contribution in [0.3, 0.4) is 0 Å². The van der Waals surface area contributed by atoms with E-state index in [2.05, 4.69) is 10.3 Å². The molecule has 0 spiro atoms. The predicted octanol–water partition coefficient (Wildman–Crippen LogP) is 3.19. The average molecular weight is 429 g/mol. The van der Waals surface area contributed by atoms with Crippen molar-refractivity contribution in [1.82, 2.24) is 19.9 Å². The maximum atomic E-state index is 13.3. The Morgan fingerprint density at radius 3 is 2.39 bits per heavy atom. The minimum Gasteiger partial charge on any atom is -0.366 e. The number of carbonyl (C=O) groups excluding carboxylic acids is 2. The van der Waals surface area contributed by atoms with E-state index in [0.717, 1.165) is 29.2 Å². The molecule has 1 aliphatic carbocycles. The van der Waals surface area contributed by atoms with E-state index in [1.165, 1.54) is 24.4 Å². The Kier molecular flexibility index (Phi) is 5.22. The second kappa shape index (κ2) is 7.86. The number of primary amides is 1. The highest BCUT2D eigenvalue weighted by Crippen LogP contribution is 2.34. The molecule has 4 rings (SSSR count). The van der Waals surface area contributed by atoms with Crippen molar-refractivity contribution in [3.05, 3.63) is 77.1 Å². The van der Waals surface area contributed by atoms with E-state index in [0.29, 0.717) is 5.56 Å². The number of hydrogen-bond acceptors (Lipinski definition) is 4. The smallest absolute Gasteiger partial charge is 0.366 e. The molecule has 2 amide bonds. The van der Waals surface area contributed by atoms with E-state index in [9.17, 15) is 22.8 Å². The molecule has 0 bridgehead atoms. The largest absolute Gasteiger partial charge is 0.418 e. The molecule has 0 saturated heterocycles. The van der Waals surface area contributed by atoms with Crippen molar-refractivity contribution < 1.29 is 22.8 Å². The normalized spacial score (nSPS) is 13.8. The summed E-state index contributed by atoms with van der Waals surface area (Å²) in [5, 5.41) is 7.57. The molecular formula is C21H18F3N5O2. The van der Waals surface area contributed by atoms with Crippen LogP contribution in [0.15, 0.2) is 54.7 Å². The average Bonchev–Trinajstić information content (AvgIpc) is 3.46. The van der Waals surface area contributed by atoms with Gasteiger partial charge in [-0.3, -0.25) is 9.59 Å². The van der Waals surface area contributed by atoms with Crippen LogP contribution < -0.4 is 5.73 Å². The number of para-hydroxylation sites is 1. The standard InChI is InChI=1S/C21H18F3N5O2/c22-21(23,24)16-3-1-2-4-18(16)29-12-17(26-27-29)20(31)28(15-9-10-15)11-13-5-7-14(8-6-13)19(25)30/h1-8,12,15H,9-11H2,(H2,25,30). The number of aromatic nitrogens is 3. The van der Waals surface area contributed by atoms with Crippen molar-refractivity contribution >= 4 is 11.8 Å². The summed E-state index contributed by atoms with van der Waals surface area (Å²) in [4.78, 5) is 25.9. The fourth-order valence-corrected chi connectivity index (χ4v) is 3.26. The third kappa shape index (κ3) is 4.42. The van der Waals surface area contributed by atoms with Gasteiger partial charge >= 0.3 is 6.18 Å². The third-order valence-corrected chi connectivity index (χ3v) is 5.01. The van der Waals surface area contributed by atoms with Crippen LogP contribution in [0.1, 0.15) is 44.8 Å². The van der Waals surface area contributed by atoms with Crippen LogP contribution in [0.25, 0.3) is 5.69 Å². The lowest BCUT2D eigenvalue weighted by atomic mass is 10.1. The first-order valence-corrected chi connectivity index (χ1v) is 9.52. The van der Waals surface area contributed by atoms with Crippen molar-refractivity contribution in [1.29, 1.82) is 0 Å². The molecular weight excluding hydrogens is 411 g/mol. The Balaban J connectivity index is 1.58. The summed E-state index contributed by atoms with van der Waals surface area (Å²) in [7, 11) is 0. The molecule has 10 heteroatoms. The Morgan fingerprint density at radius 1 is 1.10 bits per heavy atom. The topological polar surface area (TPSA) is 94.1 Å². The number of nitrogens with two attached hydrogens (primary N) is 1. The lowest BCUT2D eigenvalue weighted by Gasteiger charge is -2.21. The molecule has 1 heterocycles. The van der Waals surface area contributed by atoms with Gasteiger partial charge in [0.15, 0.2) is 5.69 Å². The van der Waals surface area contributed by atoms with Crippen LogP contribution in [0, 0.1) is 0 Å². The summed E-state index contributed by atoms with van der Waals surface area (Å²) < 4.78 is 40.9. The lowest BCUT2D eigenvalue weighted by molar-refractivity contribution is -0.137. The highest BCUT2D eigenvalue weighted by atomic mass is 19.4. The van der Waals surface area contributed by atoms with E-state index in [-0.39, 0.29) is 24.0 Å². The molecule has 2 aromatic carbocycles. The molecule has 0 aliphatic heterocycles. The molecule has 2 N–H and O–H groups in total. The second-order valence-electron chi connectivity index (χ2n) is 7.29. The fraction of sp³-hybridized carbons (Fsp3) is 0.238. The lowest BCUT2D eigenvalue weighted by Crippen LogP contribution is -2.33. The Labute approximate surface area is 175 Å². The summed E-state index contributed by atoms with van der Waals surface area (Å²) in [6.07, 6.45) is -1.70. The molecule has 31 heavy (non-hydrogen) atoms. The van der Waals surface area contributed by atoms with Crippen LogP contribution in [0.4, 0.5) is 13.2 Å². The predicted molar refractivity (Wildman–Crippen MR) is 104 cm³/mol. The van der Waals surface area contributed by atoms with E-state index in [1.807, 2.05) is 0 Å². The zero-order valence-corrected chi connectivity index (χ0v) is 16.2. The second-order valence-corrected chi connectivity index (χ2v) is 7.29. The summed E-state index contributed by atoms with van der Waals surface area (Å²) in [6, 6.07) is 11.6. The molecule has 0 atom stereocenters. The van der Waals surface area contributed by atoms with E-state index >= 15 is 0 Å². The monoisotopic (exact) mass is 429 g/mol. The summed E-state index contributed by atoms with van der Waals surface area (Å²) in [6.45, 7) is 0.272. The van der Waals surface area contributed by atoms with Crippen LogP contribution in [-0.2, 0) is 12.7 Å². The Bertz CT molecular complexity index is 1120. The summed E-state index contributed by atoms with van der Waals surface area (Å²) in [5.74, 6) is -0.963. The first kappa shape index (κ1) is 20.6. The van der Waals surface area contributed by atoms with Gasteiger partial charge in [-0.2, -0.15) is 13.2 Å². The third-order valence-electron chi connectivity index (χ3n) is 5.01. The van der Waals surface area contributed by atoms with Gasteiger partial charge < -0.3 is 10.6 Å². The van der Waals surface area contributed by atoms with Gasteiger partial charge in [-0.25, -0.2) is 4.68 Å². The Morgan fingerprint density at radius 2 is 1.77 bits per heavy atom.